The minimum atomic E-state index is 0.155. The van der Waals surface area contributed by atoms with Crippen LogP contribution in [0.4, 0.5) is 5.69 Å². The minimum Gasteiger partial charge on any atom is -0.496 e. The quantitative estimate of drug-likeness (QED) is 0.815. The van der Waals surface area contributed by atoms with Crippen molar-refractivity contribution < 1.29 is 9.53 Å². The molecule has 90 valence electrons. The van der Waals surface area contributed by atoms with Crippen LogP contribution in [0.3, 0.4) is 0 Å². The maximum Gasteiger partial charge on any atom is 0.178 e. The van der Waals surface area contributed by atoms with Gasteiger partial charge in [0, 0.05) is 6.42 Å². The lowest BCUT2D eigenvalue weighted by molar-refractivity contribution is -0.112. The summed E-state index contributed by atoms with van der Waals surface area (Å²) in [5, 5.41) is 4.15. The van der Waals surface area contributed by atoms with E-state index in [1.807, 2.05) is 25.1 Å². The number of Topliss-reactive ketones (excluding diaryl/α,β-unsaturated/α-hetero) is 1. The van der Waals surface area contributed by atoms with Crippen LogP contribution in [0.25, 0.3) is 0 Å². The second-order valence-electron chi connectivity index (χ2n) is 4.13. The molecular weight excluding hydrogens is 216 g/mol. The number of ketones is 1. The van der Waals surface area contributed by atoms with Crippen LogP contribution in [0.1, 0.15) is 24.8 Å². The molecule has 0 heterocycles. The van der Waals surface area contributed by atoms with E-state index in [1.54, 1.807) is 7.11 Å². The number of hydrogen-bond donors (Lipinski definition) is 1. The molecule has 4 nitrogen and oxygen atoms in total. The fourth-order valence-corrected chi connectivity index (χ4v) is 1.90. The Balaban J connectivity index is 2.09. The van der Waals surface area contributed by atoms with Gasteiger partial charge in [0.25, 0.3) is 0 Å². The van der Waals surface area contributed by atoms with Crippen molar-refractivity contribution in [2.75, 3.05) is 12.5 Å². The molecule has 0 radical (unpaired) electrons. The molecule has 0 aromatic heterocycles. The number of anilines is 1. The Morgan fingerprint density at radius 2 is 2.18 bits per heavy atom. The number of nitrogens with zero attached hydrogens (tertiary/aromatic N) is 1. The zero-order valence-corrected chi connectivity index (χ0v) is 10.1. The lowest BCUT2D eigenvalue weighted by atomic mass is 10.2. The summed E-state index contributed by atoms with van der Waals surface area (Å²) in [6.07, 6.45) is 2.32. The SMILES string of the molecule is COc1ccc(N/N=C2\CCCC2=O)cc1C. The van der Waals surface area contributed by atoms with Gasteiger partial charge in [0.1, 0.15) is 11.5 Å². The van der Waals surface area contributed by atoms with Gasteiger partial charge in [-0.2, -0.15) is 5.10 Å². The summed E-state index contributed by atoms with van der Waals surface area (Å²) < 4.78 is 5.18. The smallest absolute Gasteiger partial charge is 0.178 e. The first-order chi connectivity index (χ1) is 8.20. The molecule has 0 aliphatic heterocycles. The largest absolute Gasteiger partial charge is 0.496 e. The van der Waals surface area contributed by atoms with E-state index in [4.69, 9.17) is 4.74 Å². The fraction of sp³-hybridized carbons (Fsp3) is 0.385. The second-order valence-corrected chi connectivity index (χ2v) is 4.13. The van der Waals surface area contributed by atoms with Crippen molar-refractivity contribution >= 4 is 17.2 Å². The van der Waals surface area contributed by atoms with Crippen LogP contribution in [0.5, 0.6) is 5.75 Å². The summed E-state index contributed by atoms with van der Waals surface area (Å²) in [6, 6.07) is 5.71. The minimum absolute atomic E-state index is 0.155. The van der Waals surface area contributed by atoms with Gasteiger partial charge in [-0.05, 0) is 43.5 Å². The normalized spacial score (nSPS) is 17.5. The molecule has 17 heavy (non-hydrogen) atoms. The molecule has 2 rings (SSSR count). The van der Waals surface area contributed by atoms with E-state index in [2.05, 4.69) is 10.5 Å². The molecule has 1 aromatic carbocycles. The zero-order chi connectivity index (χ0) is 12.3. The summed E-state index contributed by atoms with van der Waals surface area (Å²) >= 11 is 0. The van der Waals surface area contributed by atoms with Crippen LogP contribution in [0, 0.1) is 6.92 Å². The van der Waals surface area contributed by atoms with E-state index < -0.39 is 0 Å². The lowest BCUT2D eigenvalue weighted by Crippen LogP contribution is -2.07. The molecule has 1 aromatic rings. The van der Waals surface area contributed by atoms with E-state index in [9.17, 15) is 4.79 Å². The number of hydrazone groups is 1. The average Bonchev–Trinajstić information content (AvgIpc) is 2.72. The number of carbonyl (C=O) groups excluding carboxylic acids is 1. The van der Waals surface area contributed by atoms with Crippen molar-refractivity contribution in [3.8, 4) is 5.75 Å². The molecule has 1 aliphatic rings. The van der Waals surface area contributed by atoms with E-state index >= 15 is 0 Å². The molecule has 1 saturated carbocycles. The third kappa shape index (κ3) is 2.64. The van der Waals surface area contributed by atoms with Gasteiger partial charge in [-0.3, -0.25) is 10.2 Å². The van der Waals surface area contributed by atoms with Crippen LogP contribution in [-0.4, -0.2) is 18.6 Å². The van der Waals surface area contributed by atoms with Gasteiger partial charge in [0.05, 0.1) is 12.8 Å². The first-order valence-electron chi connectivity index (χ1n) is 5.71. The van der Waals surface area contributed by atoms with Crippen molar-refractivity contribution in [3.05, 3.63) is 23.8 Å². The number of ether oxygens (including phenoxy) is 1. The molecule has 0 amide bonds. The molecule has 0 unspecified atom stereocenters. The van der Waals surface area contributed by atoms with E-state index in [1.165, 1.54) is 0 Å². The number of carbonyl (C=O) groups is 1. The fourth-order valence-electron chi connectivity index (χ4n) is 1.90. The molecular formula is C13H16N2O2. The summed E-state index contributed by atoms with van der Waals surface area (Å²) in [7, 11) is 1.65. The Hall–Kier alpha value is -1.84. The maximum absolute atomic E-state index is 11.4. The van der Waals surface area contributed by atoms with Gasteiger partial charge < -0.3 is 4.74 Å². The Morgan fingerprint density at radius 1 is 1.35 bits per heavy atom. The highest BCUT2D eigenvalue weighted by Crippen LogP contribution is 2.21. The summed E-state index contributed by atoms with van der Waals surface area (Å²) in [5.41, 5.74) is 5.48. The molecule has 0 atom stereocenters. The Kier molecular flexibility index (Phi) is 3.42. The third-order valence-electron chi connectivity index (χ3n) is 2.85. The molecule has 1 fully saturated rings. The van der Waals surface area contributed by atoms with Crippen molar-refractivity contribution in [2.45, 2.75) is 26.2 Å². The van der Waals surface area contributed by atoms with E-state index in [0.29, 0.717) is 12.1 Å². The van der Waals surface area contributed by atoms with E-state index in [-0.39, 0.29) is 5.78 Å². The van der Waals surface area contributed by atoms with Gasteiger partial charge >= 0.3 is 0 Å². The molecule has 0 saturated heterocycles. The number of rotatable bonds is 3. The topological polar surface area (TPSA) is 50.7 Å². The van der Waals surface area contributed by atoms with Crippen LogP contribution in [0.2, 0.25) is 0 Å². The first kappa shape index (κ1) is 11.6. The zero-order valence-electron chi connectivity index (χ0n) is 10.1. The number of nitrogens with one attached hydrogen (secondary N) is 1. The third-order valence-corrected chi connectivity index (χ3v) is 2.85. The molecule has 0 spiro atoms. The average molecular weight is 232 g/mol. The molecule has 1 N–H and O–H groups in total. The molecule has 1 aliphatic carbocycles. The summed E-state index contributed by atoms with van der Waals surface area (Å²) in [6.45, 7) is 1.97. The predicted octanol–water partition coefficient (Wildman–Crippen LogP) is 2.52. The summed E-state index contributed by atoms with van der Waals surface area (Å²) in [5.74, 6) is 1.00. The van der Waals surface area contributed by atoms with Crippen LogP contribution < -0.4 is 10.2 Å². The highest BCUT2D eigenvalue weighted by Gasteiger charge is 2.18. The highest BCUT2D eigenvalue weighted by atomic mass is 16.5. The van der Waals surface area contributed by atoms with Crippen molar-refractivity contribution in [3.63, 3.8) is 0 Å². The van der Waals surface area contributed by atoms with Gasteiger partial charge in [-0.1, -0.05) is 0 Å². The standard InChI is InChI=1S/C13H16N2O2/c1-9-8-10(6-7-13(9)17-2)14-15-11-4-3-5-12(11)16/h6-8,14H,3-5H2,1-2H3/b15-11+. The van der Waals surface area contributed by atoms with Crippen LogP contribution in [-0.2, 0) is 4.79 Å². The Bertz CT molecular complexity index is 466. The second kappa shape index (κ2) is 4.99. The maximum atomic E-state index is 11.4. The summed E-state index contributed by atoms with van der Waals surface area (Å²) in [4.78, 5) is 11.4. The van der Waals surface area contributed by atoms with Crippen LogP contribution in [0.15, 0.2) is 23.3 Å². The number of methoxy groups -OCH3 is 1. The highest BCUT2D eigenvalue weighted by molar-refractivity contribution is 6.41. The van der Waals surface area contributed by atoms with Crippen molar-refractivity contribution in [1.29, 1.82) is 0 Å². The van der Waals surface area contributed by atoms with Gasteiger partial charge in [-0.15, -0.1) is 0 Å². The predicted molar refractivity (Wildman–Crippen MR) is 67.6 cm³/mol. The Morgan fingerprint density at radius 3 is 2.76 bits per heavy atom. The van der Waals surface area contributed by atoms with Crippen molar-refractivity contribution in [2.24, 2.45) is 5.10 Å². The number of hydrogen-bond acceptors (Lipinski definition) is 4. The molecule has 0 bridgehead atoms. The van der Waals surface area contributed by atoms with Gasteiger partial charge in [-0.25, -0.2) is 0 Å². The van der Waals surface area contributed by atoms with Gasteiger partial charge in [0.15, 0.2) is 5.78 Å². The Labute approximate surface area is 101 Å². The van der Waals surface area contributed by atoms with Crippen LogP contribution >= 0.6 is 0 Å². The van der Waals surface area contributed by atoms with Crippen molar-refractivity contribution in [1.82, 2.24) is 0 Å². The van der Waals surface area contributed by atoms with E-state index in [0.717, 1.165) is 29.8 Å². The number of benzene rings is 1. The monoisotopic (exact) mass is 232 g/mol. The number of aryl methyl sites for hydroxylation is 1. The lowest BCUT2D eigenvalue weighted by Gasteiger charge is -2.07. The molecule has 4 heteroatoms. The van der Waals surface area contributed by atoms with Gasteiger partial charge in [0.2, 0.25) is 0 Å². The first-order valence-corrected chi connectivity index (χ1v) is 5.71.